The first-order valence-corrected chi connectivity index (χ1v) is 5.46. The Kier molecular flexibility index (Phi) is 4.58. The van der Waals surface area contributed by atoms with Gasteiger partial charge in [0.05, 0.1) is 12.2 Å². The molecule has 0 heterocycles. The van der Waals surface area contributed by atoms with Gasteiger partial charge in [0.15, 0.2) is 0 Å². The Morgan fingerprint density at radius 2 is 2.20 bits per heavy atom. The summed E-state index contributed by atoms with van der Waals surface area (Å²) in [5, 5.41) is 10.7. The number of ether oxygens (including phenoxy) is 1. The molecule has 0 aliphatic carbocycles. The normalized spacial score (nSPS) is 14.9. The smallest absolute Gasteiger partial charge is 0.0892 e. The molecule has 0 aliphatic rings. The van der Waals surface area contributed by atoms with E-state index in [9.17, 15) is 5.11 Å². The summed E-state index contributed by atoms with van der Waals surface area (Å²) in [6.45, 7) is 4.64. The van der Waals surface area contributed by atoms with Gasteiger partial charge in [-0.1, -0.05) is 23.7 Å². The van der Waals surface area contributed by atoms with Gasteiger partial charge in [0.1, 0.15) is 0 Å². The molecule has 0 radical (unpaired) electrons. The van der Waals surface area contributed by atoms with Crippen molar-refractivity contribution in [3.05, 3.63) is 34.9 Å². The van der Waals surface area contributed by atoms with Gasteiger partial charge in [-0.05, 0) is 31.5 Å². The topological polar surface area (TPSA) is 29.5 Å². The lowest BCUT2D eigenvalue weighted by molar-refractivity contribution is -0.0296. The molecular formula is C12H17ClO2. The predicted molar refractivity (Wildman–Crippen MR) is 62.3 cm³/mol. The van der Waals surface area contributed by atoms with E-state index in [1.54, 1.807) is 6.92 Å². The zero-order valence-electron chi connectivity index (χ0n) is 9.16. The zero-order valence-corrected chi connectivity index (χ0v) is 9.92. The van der Waals surface area contributed by atoms with E-state index in [2.05, 4.69) is 0 Å². The summed E-state index contributed by atoms with van der Waals surface area (Å²) in [5.74, 6) is 0. The van der Waals surface area contributed by atoms with Crippen LogP contribution in [0.25, 0.3) is 0 Å². The largest absolute Gasteiger partial charge is 0.387 e. The van der Waals surface area contributed by atoms with Crippen LogP contribution in [0.1, 0.15) is 19.4 Å². The highest BCUT2D eigenvalue weighted by atomic mass is 35.5. The minimum absolute atomic E-state index is 0.343. The van der Waals surface area contributed by atoms with Crippen LogP contribution >= 0.6 is 11.6 Å². The van der Waals surface area contributed by atoms with Crippen molar-refractivity contribution < 1.29 is 9.84 Å². The molecule has 0 spiro atoms. The van der Waals surface area contributed by atoms with E-state index in [0.717, 1.165) is 5.56 Å². The van der Waals surface area contributed by atoms with E-state index < -0.39 is 5.60 Å². The maximum absolute atomic E-state index is 10.0. The molecule has 1 rings (SSSR count). The first-order valence-electron chi connectivity index (χ1n) is 5.08. The van der Waals surface area contributed by atoms with Crippen molar-refractivity contribution >= 4 is 11.6 Å². The lowest BCUT2D eigenvalue weighted by Crippen LogP contribution is -2.33. The van der Waals surface area contributed by atoms with Gasteiger partial charge in [0.2, 0.25) is 0 Å². The summed E-state index contributed by atoms with van der Waals surface area (Å²) in [6, 6.07) is 7.52. The van der Waals surface area contributed by atoms with Crippen LogP contribution in [-0.2, 0) is 11.2 Å². The minimum Gasteiger partial charge on any atom is -0.387 e. The van der Waals surface area contributed by atoms with Gasteiger partial charge in [0, 0.05) is 18.1 Å². The van der Waals surface area contributed by atoms with Crippen LogP contribution < -0.4 is 0 Å². The van der Waals surface area contributed by atoms with Crippen LogP contribution in [-0.4, -0.2) is 23.9 Å². The number of hydrogen-bond donors (Lipinski definition) is 1. The van der Waals surface area contributed by atoms with Crippen LogP contribution in [0, 0.1) is 0 Å². The zero-order chi connectivity index (χ0) is 11.3. The standard InChI is InChI=1S/C12H17ClO2/c1-3-15-9-12(2,14)8-10-5-4-6-11(13)7-10/h4-7,14H,3,8-9H2,1-2H3. The van der Waals surface area contributed by atoms with E-state index in [-0.39, 0.29) is 0 Å². The van der Waals surface area contributed by atoms with Gasteiger partial charge in [-0.15, -0.1) is 0 Å². The molecule has 0 aliphatic heterocycles. The molecule has 1 atom stereocenters. The molecule has 1 aromatic carbocycles. The number of hydrogen-bond acceptors (Lipinski definition) is 2. The Morgan fingerprint density at radius 1 is 1.47 bits per heavy atom. The lowest BCUT2D eigenvalue weighted by Gasteiger charge is -2.22. The summed E-state index contributed by atoms with van der Waals surface area (Å²) in [7, 11) is 0. The van der Waals surface area contributed by atoms with Crippen molar-refractivity contribution in [3.8, 4) is 0 Å². The van der Waals surface area contributed by atoms with Crippen LogP contribution in [0.4, 0.5) is 0 Å². The van der Waals surface area contributed by atoms with Crippen molar-refractivity contribution in [2.75, 3.05) is 13.2 Å². The fourth-order valence-corrected chi connectivity index (χ4v) is 1.67. The van der Waals surface area contributed by atoms with E-state index in [1.165, 1.54) is 0 Å². The molecule has 2 nitrogen and oxygen atoms in total. The number of halogens is 1. The summed E-state index contributed by atoms with van der Waals surface area (Å²) in [6.07, 6.45) is 0.549. The minimum atomic E-state index is -0.833. The third kappa shape index (κ3) is 4.65. The van der Waals surface area contributed by atoms with Crippen LogP contribution in [0.2, 0.25) is 5.02 Å². The first-order chi connectivity index (χ1) is 7.03. The Labute approximate surface area is 95.8 Å². The maximum atomic E-state index is 10.0. The lowest BCUT2D eigenvalue weighted by atomic mass is 9.97. The molecule has 0 aromatic heterocycles. The predicted octanol–water partition coefficient (Wildman–Crippen LogP) is 2.67. The van der Waals surface area contributed by atoms with Crippen molar-refractivity contribution in [2.45, 2.75) is 25.9 Å². The average molecular weight is 229 g/mol. The Morgan fingerprint density at radius 3 is 2.80 bits per heavy atom. The third-order valence-corrected chi connectivity index (χ3v) is 2.33. The molecule has 84 valence electrons. The van der Waals surface area contributed by atoms with E-state index in [1.807, 2.05) is 31.2 Å². The fourth-order valence-electron chi connectivity index (χ4n) is 1.46. The second-order valence-corrected chi connectivity index (χ2v) is 4.38. The van der Waals surface area contributed by atoms with Crippen LogP contribution in [0.15, 0.2) is 24.3 Å². The highest BCUT2D eigenvalue weighted by molar-refractivity contribution is 6.30. The molecule has 0 fully saturated rings. The van der Waals surface area contributed by atoms with Gasteiger partial charge in [-0.2, -0.15) is 0 Å². The molecular weight excluding hydrogens is 212 g/mol. The van der Waals surface area contributed by atoms with E-state index in [4.69, 9.17) is 16.3 Å². The number of benzene rings is 1. The van der Waals surface area contributed by atoms with Crippen LogP contribution in [0.5, 0.6) is 0 Å². The van der Waals surface area contributed by atoms with Gasteiger partial charge in [0.25, 0.3) is 0 Å². The Hall–Kier alpha value is -0.570. The fraction of sp³-hybridized carbons (Fsp3) is 0.500. The second-order valence-electron chi connectivity index (χ2n) is 3.94. The summed E-state index contributed by atoms with van der Waals surface area (Å²) in [4.78, 5) is 0. The van der Waals surface area contributed by atoms with Crippen molar-refractivity contribution in [2.24, 2.45) is 0 Å². The highest BCUT2D eigenvalue weighted by Crippen LogP contribution is 2.17. The van der Waals surface area contributed by atoms with Gasteiger partial charge >= 0.3 is 0 Å². The van der Waals surface area contributed by atoms with Crippen molar-refractivity contribution in [3.63, 3.8) is 0 Å². The SMILES string of the molecule is CCOCC(C)(O)Cc1cccc(Cl)c1. The monoisotopic (exact) mass is 228 g/mol. The Balaban J connectivity index is 2.60. The second kappa shape index (κ2) is 5.50. The number of aliphatic hydroxyl groups is 1. The number of rotatable bonds is 5. The van der Waals surface area contributed by atoms with Crippen LogP contribution in [0.3, 0.4) is 0 Å². The molecule has 3 heteroatoms. The maximum Gasteiger partial charge on any atom is 0.0892 e. The van der Waals surface area contributed by atoms with Gasteiger partial charge in [-0.3, -0.25) is 0 Å². The quantitative estimate of drug-likeness (QED) is 0.840. The molecule has 1 unspecified atom stereocenters. The Bertz CT molecular complexity index is 310. The first kappa shape index (κ1) is 12.5. The molecule has 0 saturated carbocycles. The summed E-state index contributed by atoms with van der Waals surface area (Å²) >= 11 is 5.87. The average Bonchev–Trinajstić information content (AvgIpc) is 2.14. The molecule has 1 aromatic rings. The van der Waals surface area contributed by atoms with Crippen molar-refractivity contribution in [1.29, 1.82) is 0 Å². The van der Waals surface area contributed by atoms with Gasteiger partial charge in [-0.25, -0.2) is 0 Å². The van der Waals surface area contributed by atoms with E-state index >= 15 is 0 Å². The third-order valence-electron chi connectivity index (χ3n) is 2.09. The molecule has 1 N–H and O–H groups in total. The summed E-state index contributed by atoms with van der Waals surface area (Å²) in [5.41, 5.74) is 0.188. The molecule has 0 amide bonds. The van der Waals surface area contributed by atoms with Crippen molar-refractivity contribution in [1.82, 2.24) is 0 Å². The summed E-state index contributed by atoms with van der Waals surface area (Å²) < 4.78 is 5.22. The molecule has 0 bridgehead atoms. The molecule has 0 saturated heterocycles. The molecule has 15 heavy (non-hydrogen) atoms. The van der Waals surface area contributed by atoms with E-state index in [0.29, 0.717) is 24.7 Å². The van der Waals surface area contributed by atoms with Gasteiger partial charge < -0.3 is 9.84 Å². The highest BCUT2D eigenvalue weighted by Gasteiger charge is 2.20.